The number of nitro benzene ring substituents is 1. The molecule has 0 aliphatic heterocycles. The van der Waals surface area contributed by atoms with Crippen molar-refractivity contribution in [3.63, 3.8) is 0 Å². The predicted molar refractivity (Wildman–Crippen MR) is 83.7 cm³/mol. The van der Waals surface area contributed by atoms with Crippen LogP contribution in [-0.2, 0) is 4.79 Å². The highest BCUT2D eigenvalue weighted by Gasteiger charge is 2.20. The van der Waals surface area contributed by atoms with Crippen molar-refractivity contribution in [1.82, 2.24) is 0 Å². The van der Waals surface area contributed by atoms with Crippen LogP contribution in [0.3, 0.4) is 0 Å². The molecule has 0 spiro atoms. The molecular weight excluding hydrogens is 302 g/mol. The van der Waals surface area contributed by atoms with E-state index in [1.54, 1.807) is 0 Å². The predicted octanol–water partition coefficient (Wildman–Crippen LogP) is 3.95. The van der Waals surface area contributed by atoms with Crippen LogP contribution in [0.5, 0.6) is 5.75 Å². The first-order valence-corrected chi connectivity index (χ1v) is 7.68. The lowest BCUT2D eigenvalue weighted by Gasteiger charge is -2.06. The van der Waals surface area contributed by atoms with Crippen molar-refractivity contribution in [3.05, 3.63) is 33.9 Å². The first kappa shape index (κ1) is 18.6. The molecular formula is C16H21NO6. The molecule has 0 unspecified atom stereocenters. The highest BCUT2D eigenvalue weighted by Crippen LogP contribution is 2.28. The Hall–Kier alpha value is -2.44. The van der Waals surface area contributed by atoms with E-state index in [-0.39, 0.29) is 17.7 Å². The Labute approximate surface area is 134 Å². The summed E-state index contributed by atoms with van der Waals surface area (Å²) in [5, 5.41) is 19.8. The lowest BCUT2D eigenvalue weighted by molar-refractivity contribution is -0.385. The zero-order valence-electron chi connectivity index (χ0n) is 13.1. The van der Waals surface area contributed by atoms with Crippen molar-refractivity contribution in [2.24, 2.45) is 0 Å². The second kappa shape index (κ2) is 9.55. The normalized spacial score (nSPS) is 10.3. The molecule has 0 saturated carbocycles. The van der Waals surface area contributed by atoms with Crippen LogP contribution in [0.4, 0.5) is 5.69 Å². The lowest BCUT2D eigenvalue weighted by Crippen LogP contribution is -2.09. The van der Waals surface area contributed by atoms with Crippen molar-refractivity contribution >= 4 is 17.6 Å². The van der Waals surface area contributed by atoms with Crippen LogP contribution < -0.4 is 4.74 Å². The number of benzene rings is 1. The smallest absolute Gasteiger partial charge is 0.335 e. The van der Waals surface area contributed by atoms with E-state index in [2.05, 4.69) is 6.92 Å². The number of hydrogen-bond donors (Lipinski definition) is 1. The van der Waals surface area contributed by atoms with Gasteiger partial charge in [-0.05, 0) is 18.6 Å². The van der Waals surface area contributed by atoms with Gasteiger partial charge in [0, 0.05) is 12.5 Å². The molecule has 1 rings (SSSR count). The third kappa shape index (κ3) is 6.46. The molecule has 0 radical (unpaired) electrons. The number of nitrogens with zero attached hydrogens (tertiary/aromatic N) is 1. The van der Waals surface area contributed by atoms with Crippen molar-refractivity contribution in [1.29, 1.82) is 0 Å². The van der Waals surface area contributed by atoms with Crippen molar-refractivity contribution in [2.75, 3.05) is 0 Å². The van der Waals surface area contributed by atoms with Gasteiger partial charge in [0.2, 0.25) is 5.75 Å². The zero-order valence-corrected chi connectivity index (χ0v) is 13.1. The van der Waals surface area contributed by atoms with Gasteiger partial charge in [-0.3, -0.25) is 14.9 Å². The average molecular weight is 323 g/mol. The Balaban J connectivity index is 2.57. The fourth-order valence-corrected chi connectivity index (χ4v) is 2.10. The summed E-state index contributed by atoms with van der Waals surface area (Å²) < 4.78 is 5.00. The topological polar surface area (TPSA) is 107 Å². The van der Waals surface area contributed by atoms with Crippen LogP contribution in [0.1, 0.15) is 62.2 Å². The van der Waals surface area contributed by atoms with E-state index >= 15 is 0 Å². The standard InChI is InChI=1S/C16H21NO6/c1-2-3-4-5-6-7-8-15(18)23-14-10-9-12(16(19)20)11-13(14)17(21)22/h9-11H,2-8H2,1H3,(H,19,20). The summed E-state index contributed by atoms with van der Waals surface area (Å²) in [6, 6.07) is 3.19. The average Bonchev–Trinajstić information content (AvgIpc) is 2.50. The first-order valence-electron chi connectivity index (χ1n) is 7.68. The maximum Gasteiger partial charge on any atom is 0.335 e. The van der Waals surface area contributed by atoms with Gasteiger partial charge in [-0.25, -0.2) is 4.79 Å². The highest BCUT2D eigenvalue weighted by atomic mass is 16.6. The molecule has 1 aromatic rings. The molecule has 0 heterocycles. The summed E-state index contributed by atoms with van der Waals surface area (Å²) >= 11 is 0. The van der Waals surface area contributed by atoms with Gasteiger partial charge in [0.1, 0.15) is 0 Å². The number of ether oxygens (including phenoxy) is 1. The number of nitro groups is 1. The number of rotatable bonds is 10. The number of unbranched alkanes of at least 4 members (excludes halogenated alkanes) is 5. The molecule has 0 amide bonds. The van der Waals surface area contributed by atoms with Gasteiger partial charge in [0.25, 0.3) is 0 Å². The maximum absolute atomic E-state index is 11.7. The van der Waals surface area contributed by atoms with Crippen LogP contribution in [0.2, 0.25) is 0 Å². The molecule has 0 atom stereocenters. The highest BCUT2D eigenvalue weighted by molar-refractivity contribution is 5.89. The third-order valence-electron chi connectivity index (χ3n) is 3.36. The van der Waals surface area contributed by atoms with Gasteiger partial charge in [-0.2, -0.15) is 0 Å². The molecule has 0 aliphatic rings. The van der Waals surface area contributed by atoms with E-state index in [0.29, 0.717) is 6.42 Å². The molecule has 1 aromatic carbocycles. The summed E-state index contributed by atoms with van der Waals surface area (Å²) in [6.07, 6.45) is 6.27. The molecule has 0 fully saturated rings. The Kier molecular flexibility index (Phi) is 7.73. The SMILES string of the molecule is CCCCCCCCC(=O)Oc1ccc(C(=O)O)cc1[N+](=O)[O-]. The summed E-state index contributed by atoms with van der Waals surface area (Å²) in [5.74, 6) is -2.05. The Morgan fingerprint density at radius 1 is 1.17 bits per heavy atom. The van der Waals surface area contributed by atoms with Crippen LogP contribution in [0.15, 0.2) is 18.2 Å². The molecule has 0 aromatic heterocycles. The maximum atomic E-state index is 11.7. The number of carbonyl (C=O) groups excluding carboxylic acids is 1. The Morgan fingerprint density at radius 2 is 1.83 bits per heavy atom. The summed E-state index contributed by atoms with van der Waals surface area (Å²) in [7, 11) is 0. The number of carboxylic acid groups (broad SMARTS) is 1. The quantitative estimate of drug-likeness (QED) is 0.230. The van der Waals surface area contributed by atoms with Crippen molar-refractivity contribution < 1.29 is 24.4 Å². The van der Waals surface area contributed by atoms with Gasteiger partial charge in [0.05, 0.1) is 10.5 Å². The largest absolute Gasteiger partial charge is 0.478 e. The monoisotopic (exact) mass is 323 g/mol. The van der Waals surface area contributed by atoms with Crippen LogP contribution in [-0.4, -0.2) is 22.0 Å². The minimum absolute atomic E-state index is 0.184. The molecule has 7 heteroatoms. The molecule has 0 aliphatic carbocycles. The minimum Gasteiger partial charge on any atom is -0.478 e. The number of aromatic carboxylic acids is 1. The second-order valence-corrected chi connectivity index (χ2v) is 5.24. The van der Waals surface area contributed by atoms with Crippen LogP contribution >= 0.6 is 0 Å². The number of carboxylic acids is 1. The molecule has 23 heavy (non-hydrogen) atoms. The van der Waals surface area contributed by atoms with E-state index in [1.165, 1.54) is 12.5 Å². The molecule has 0 bridgehead atoms. The van der Waals surface area contributed by atoms with E-state index in [4.69, 9.17) is 9.84 Å². The number of esters is 1. The van der Waals surface area contributed by atoms with E-state index in [1.807, 2.05) is 0 Å². The van der Waals surface area contributed by atoms with Crippen molar-refractivity contribution in [2.45, 2.75) is 51.9 Å². The Bertz CT molecular complexity index is 570. The summed E-state index contributed by atoms with van der Waals surface area (Å²) in [4.78, 5) is 32.8. The van der Waals surface area contributed by atoms with E-state index in [0.717, 1.165) is 37.8 Å². The first-order chi connectivity index (χ1) is 11.0. The van der Waals surface area contributed by atoms with Gasteiger partial charge in [-0.1, -0.05) is 39.0 Å². The number of hydrogen-bond acceptors (Lipinski definition) is 5. The van der Waals surface area contributed by atoms with E-state index < -0.39 is 22.5 Å². The second-order valence-electron chi connectivity index (χ2n) is 5.24. The van der Waals surface area contributed by atoms with Gasteiger partial charge < -0.3 is 9.84 Å². The van der Waals surface area contributed by atoms with Crippen molar-refractivity contribution in [3.8, 4) is 5.75 Å². The fourth-order valence-electron chi connectivity index (χ4n) is 2.10. The molecule has 1 N–H and O–H groups in total. The number of carbonyl (C=O) groups is 2. The molecule has 0 saturated heterocycles. The van der Waals surface area contributed by atoms with Crippen LogP contribution in [0.25, 0.3) is 0 Å². The van der Waals surface area contributed by atoms with Gasteiger partial charge >= 0.3 is 17.6 Å². The summed E-state index contributed by atoms with van der Waals surface area (Å²) in [6.45, 7) is 2.12. The van der Waals surface area contributed by atoms with E-state index in [9.17, 15) is 19.7 Å². The van der Waals surface area contributed by atoms with Gasteiger partial charge in [-0.15, -0.1) is 0 Å². The minimum atomic E-state index is -1.28. The van der Waals surface area contributed by atoms with Gasteiger partial charge in [0.15, 0.2) is 0 Å². The lowest BCUT2D eigenvalue weighted by atomic mass is 10.1. The van der Waals surface area contributed by atoms with Crippen LogP contribution in [0, 0.1) is 10.1 Å². The summed E-state index contributed by atoms with van der Waals surface area (Å²) in [5.41, 5.74) is -0.756. The zero-order chi connectivity index (χ0) is 17.2. The third-order valence-corrected chi connectivity index (χ3v) is 3.36. The fraction of sp³-hybridized carbons (Fsp3) is 0.500. The molecule has 126 valence electrons. The Morgan fingerprint density at radius 3 is 2.43 bits per heavy atom. The molecule has 7 nitrogen and oxygen atoms in total.